The number of allylic oxidation sites excluding steroid dienone is 2. The van der Waals surface area contributed by atoms with Crippen LogP contribution in [0, 0.1) is 0 Å². The number of hydrogen-bond donors (Lipinski definition) is 3. The predicted octanol–water partition coefficient (Wildman–Crippen LogP) is 20.4. The lowest BCUT2D eigenvalue weighted by Crippen LogP contribution is -2.45. The molecule has 2 unspecified atom stereocenters. The smallest absolute Gasteiger partial charge is 0.305 e. The van der Waals surface area contributed by atoms with E-state index >= 15 is 0 Å². The molecule has 0 aliphatic heterocycles. The van der Waals surface area contributed by atoms with E-state index in [-0.39, 0.29) is 18.5 Å². The molecule has 0 saturated heterocycles. The van der Waals surface area contributed by atoms with E-state index < -0.39 is 12.1 Å². The van der Waals surface area contributed by atoms with Gasteiger partial charge < -0.3 is 20.3 Å². The fourth-order valence-corrected chi connectivity index (χ4v) is 10.3. The first-order chi connectivity index (χ1) is 35.0. The van der Waals surface area contributed by atoms with Gasteiger partial charge in [0.15, 0.2) is 0 Å². The number of carbonyl (C=O) groups excluding carboxylic acids is 2. The second-order valence-electron chi connectivity index (χ2n) is 22.5. The molecule has 2 atom stereocenters. The number of ether oxygens (including phenoxy) is 1. The van der Waals surface area contributed by atoms with Crippen molar-refractivity contribution in [3.8, 4) is 0 Å². The molecule has 3 N–H and O–H groups in total. The summed E-state index contributed by atoms with van der Waals surface area (Å²) in [6.45, 7) is 4.98. The maximum Gasteiger partial charge on any atom is 0.305 e. The van der Waals surface area contributed by atoms with E-state index in [1.54, 1.807) is 0 Å². The highest BCUT2D eigenvalue weighted by molar-refractivity contribution is 5.76. The summed E-state index contributed by atoms with van der Waals surface area (Å²) in [5, 5.41) is 23.4. The molecule has 6 nitrogen and oxygen atoms in total. The number of esters is 1. The Morgan fingerprint density at radius 1 is 0.380 bits per heavy atom. The molecule has 6 heteroatoms. The van der Waals surface area contributed by atoms with Crippen molar-refractivity contribution in [3.63, 3.8) is 0 Å². The molecule has 0 aromatic heterocycles. The lowest BCUT2D eigenvalue weighted by atomic mass is 10.0. The van der Waals surface area contributed by atoms with Crippen LogP contribution in [0.4, 0.5) is 0 Å². The van der Waals surface area contributed by atoms with Gasteiger partial charge in [-0.05, 0) is 51.4 Å². The average molecular weight is 1000 g/mol. The maximum absolute atomic E-state index is 12.5. The lowest BCUT2D eigenvalue weighted by molar-refractivity contribution is -0.143. The number of aliphatic hydroxyl groups excluding tert-OH is 2. The Balaban J connectivity index is 3.43. The second-order valence-corrected chi connectivity index (χ2v) is 22.5. The van der Waals surface area contributed by atoms with Crippen molar-refractivity contribution in [2.45, 2.75) is 379 Å². The van der Waals surface area contributed by atoms with Crippen LogP contribution in [0.5, 0.6) is 0 Å². The molecule has 0 rings (SSSR count). The van der Waals surface area contributed by atoms with Crippen LogP contribution >= 0.6 is 0 Å². The monoisotopic (exact) mass is 1000 g/mol. The van der Waals surface area contributed by atoms with Crippen molar-refractivity contribution in [2.75, 3.05) is 13.2 Å². The molecule has 422 valence electrons. The summed E-state index contributed by atoms with van der Waals surface area (Å²) in [4.78, 5) is 24.6. The highest BCUT2D eigenvalue weighted by Crippen LogP contribution is 2.18. The molecular weight excluding hydrogens is 875 g/mol. The van der Waals surface area contributed by atoms with Crippen LogP contribution in [0.2, 0.25) is 0 Å². The van der Waals surface area contributed by atoms with Crippen LogP contribution < -0.4 is 5.32 Å². The Hall–Kier alpha value is -1.40. The summed E-state index contributed by atoms with van der Waals surface area (Å²) >= 11 is 0. The van der Waals surface area contributed by atoms with Crippen LogP contribution in [0.1, 0.15) is 367 Å². The molecule has 0 aromatic carbocycles. The Morgan fingerprint density at radius 3 is 1.00 bits per heavy atom. The molecule has 0 aliphatic rings. The SMILES string of the molecule is CCCCCCCCCCCCCCCCCCCCCCC(O)C(CO)NC(=O)CCCCCCC/C=C\CCCCCCCCCCCOC(=O)CCCCCCCCCCCCCCCCCC. The molecule has 0 radical (unpaired) electrons. The molecular formula is C65H127NO5. The number of carbonyl (C=O) groups is 2. The number of nitrogens with one attached hydrogen (secondary N) is 1. The van der Waals surface area contributed by atoms with E-state index in [0.717, 1.165) is 51.4 Å². The summed E-state index contributed by atoms with van der Waals surface area (Å²) in [5.74, 6) is -0.0377. The molecule has 71 heavy (non-hydrogen) atoms. The van der Waals surface area contributed by atoms with Crippen LogP contribution in [-0.2, 0) is 14.3 Å². The fraction of sp³-hybridized carbons (Fsp3) is 0.938. The van der Waals surface area contributed by atoms with Crippen molar-refractivity contribution in [2.24, 2.45) is 0 Å². The van der Waals surface area contributed by atoms with Crippen LogP contribution in [0.25, 0.3) is 0 Å². The highest BCUT2D eigenvalue weighted by Gasteiger charge is 2.20. The van der Waals surface area contributed by atoms with Gasteiger partial charge in [-0.15, -0.1) is 0 Å². The van der Waals surface area contributed by atoms with Gasteiger partial charge in [0.05, 0.1) is 25.4 Å². The number of hydrogen-bond acceptors (Lipinski definition) is 5. The summed E-state index contributed by atoms with van der Waals surface area (Å²) in [6, 6.07) is -0.552. The molecule has 0 aromatic rings. The molecule has 0 saturated carbocycles. The van der Waals surface area contributed by atoms with Crippen LogP contribution in [-0.4, -0.2) is 47.4 Å². The quantitative estimate of drug-likeness (QED) is 0.0320. The van der Waals surface area contributed by atoms with Crippen LogP contribution in [0.3, 0.4) is 0 Å². The van der Waals surface area contributed by atoms with E-state index in [4.69, 9.17) is 4.74 Å². The van der Waals surface area contributed by atoms with E-state index in [9.17, 15) is 19.8 Å². The van der Waals surface area contributed by atoms with E-state index in [1.807, 2.05) is 0 Å². The molecule has 0 fully saturated rings. The maximum atomic E-state index is 12.5. The second kappa shape index (κ2) is 61.1. The summed E-state index contributed by atoms with van der Waals surface area (Å²) in [6.07, 6.45) is 73.7. The number of rotatable bonds is 61. The van der Waals surface area contributed by atoms with E-state index in [2.05, 4.69) is 31.3 Å². The van der Waals surface area contributed by atoms with E-state index in [0.29, 0.717) is 25.9 Å². The van der Waals surface area contributed by atoms with Gasteiger partial charge in [0, 0.05) is 12.8 Å². The zero-order valence-corrected chi connectivity index (χ0v) is 48.2. The van der Waals surface area contributed by atoms with Crippen molar-refractivity contribution >= 4 is 11.9 Å². The van der Waals surface area contributed by atoms with Gasteiger partial charge in [0.1, 0.15) is 0 Å². The van der Waals surface area contributed by atoms with Gasteiger partial charge >= 0.3 is 5.97 Å². The molecule has 1 amide bonds. The number of aliphatic hydroxyl groups is 2. The highest BCUT2D eigenvalue weighted by atomic mass is 16.5. The van der Waals surface area contributed by atoms with Gasteiger partial charge in [-0.3, -0.25) is 9.59 Å². The Bertz CT molecular complexity index is 1060. The third-order valence-electron chi connectivity index (χ3n) is 15.3. The standard InChI is InChI=1S/C65H127NO5/c1-3-5-7-9-11-13-15-17-19-21-22-23-26-29-33-37-41-45-49-53-57-63(68)62(61-67)66-64(69)58-54-50-46-42-38-34-30-27-24-25-28-32-36-40-44-48-52-56-60-71-65(70)59-55-51-47-43-39-35-31-20-18-16-14-12-10-8-6-4-2/h27,30,62-63,67-68H,3-26,28-29,31-61H2,1-2H3,(H,66,69)/b30-27-. The third kappa shape index (κ3) is 57.7. The van der Waals surface area contributed by atoms with Gasteiger partial charge in [-0.25, -0.2) is 0 Å². The van der Waals surface area contributed by atoms with Crippen molar-refractivity contribution in [1.29, 1.82) is 0 Å². The molecule has 0 aliphatic carbocycles. The molecule has 0 heterocycles. The number of amides is 1. The first kappa shape index (κ1) is 69.6. The van der Waals surface area contributed by atoms with Crippen LogP contribution in [0.15, 0.2) is 12.2 Å². The minimum absolute atomic E-state index is 0.00752. The van der Waals surface area contributed by atoms with Gasteiger partial charge in [-0.2, -0.15) is 0 Å². The number of unbranched alkanes of at least 4 members (excludes halogenated alkanes) is 48. The largest absolute Gasteiger partial charge is 0.466 e. The van der Waals surface area contributed by atoms with Crippen molar-refractivity contribution in [1.82, 2.24) is 5.32 Å². The Labute approximate surface area is 444 Å². The zero-order valence-electron chi connectivity index (χ0n) is 48.2. The Morgan fingerprint density at radius 2 is 0.662 bits per heavy atom. The topological polar surface area (TPSA) is 95.9 Å². The van der Waals surface area contributed by atoms with E-state index in [1.165, 1.54) is 283 Å². The Kier molecular flexibility index (Phi) is 59.9. The zero-order chi connectivity index (χ0) is 51.4. The first-order valence-corrected chi connectivity index (χ1v) is 32.4. The van der Waals surface area contributed by atoms with Gasteiger partial charge in [0.2, 0.25) is 5.91 Å². The minimum Gasteiger partial charge on any atom is -0.466 e. The average Bonchev–Trinajstić information content (AvgIpc) is 3.37. The van der Waals surface area contributed by atoms with Crippen molar-refractivity contribution in [3.05, 3.63) is 12.2 Å². The normalized spacial score (nSPS) is 12.6. The van der Waals surface area contributed by atoms with Crippen molar-refractivity contribution < 1.29 is 24.5 Å². The van der Waals surface area contributed by atoms with Gasteiger partial charge in [-0.1, -0.05) is 315 Å². The minimum atomic E-state index is -0.673. The third-order valence-corrected chi connectivity index (χ3v) is 15.3. The lowest BCUT2D eigenvalue weighted by Gasteiger charge is -2.22. The summed E-state index contributed by atoms with van der Waals surface area (Å²) in [5.41, 5.74) is 0. The fourth-order valence-electron chi connectivity index (χ4n) is 10.3. The predicted molar refractivity (Wildman–Crippen MR) is 310 cm³/mol. The molecule has 0 spiro atoms. The summed E-state index contributed by atoms with van der Waals surface area (Å²) < 4.78 is 5.49. The first-order valence-electron chi connectivity index (χ1n) is 32.4. The molecule has 0 bridgehead atoms. The van der Waals surface area contributed by atoms with Gasteiger partial charge in [0.25, 0.3) is 0 Å². The summed E-state index contributed by atoms with van der Waals surface area (Å²) in [7, 11) is 0.